The minimum atomic E-state index is 0.443. The third-order valence-corrected chi connectivity index (χ3v) is 4.68. The van der Waals surface area contributed by atoms with Gasteiger partial charge in [0.05, 0.1) is 13.1 Å². The van der Waals surface area contributed by atoms with Crippen molar-refractivity contribution in [3.8, 4) is 0 Å². The Morgan fingerprint density at radius 2 is 1.79 bits per heavy atom. The molecule has 0 spiro atoms. The van der Waals surface area contributed by atoms with Crippen molar-refractivity contribution in [2.45, 2.75) is 52.4 Å². The summed E-state index contributed by atoms with van der Waals surface area (Å²) in [6.07, 6.45) is 9.88. The topological polar surface area (TPSA) is 58.9 Å². The zero-order chi connectivity index (χ0) is 14.1. The van der Waals surface area contributed by atoms with E-state index in [9.17, 15) is 9.59 Å². The van der Waals surface area contributed by atoms with Gasteiger partial charge in [-0.05, 0) is 49.4 Å². The van der Waals surface area contributed by atoms with Crippen LogP contribution in [0.5, 0.6) is 0 Å². The van der Waals surface area contributed by atoms with Crippen LogP contribution in [0.1, 0.15) is 52.4 Å². The van der Waals surface area contributed by atoms with Gasteiger partial charge in [-0.25, -0.2) is 19.6 Å². The second-order valence-corrected chi connectivity index (χ2v) is 5.64. The minimum absolute atomic E-state index is 0.443. The van der Waals surface area contributed by atoms with Crippen molar-refractivity contribution < 1.29 is 9.59 Å². The van der Waals surface area contributed by atoms with Crippen LogP contribution in [-0.4, -0.2) is 25.2 Å². The van der Waals surface area contributed by atoms with Gasteiger partial charge in [0, 0.05) is 0 Å². The zero-order valence-corrected chi connectivity index (χ0v) is 12.0. The monoisotopic (exact) mass is 264 g/mol. The largest absolute Gasteiger partial charge is 0.234 e. The molecule has 19 heavy (non-hydrogen) atoms. The molecule has 0 aromatic heterocycles. The van der Waals surface area contributed by atoms with Gasteiger partial charge in [0.15, 0.2) is 0 Å². The van der Waals surface area contributed by atoms with Crippen LogP contribution in [0.4, 0.5) is 0 Å². The quantitative estimate of drug-likeness (QED) is 0.345. The Labute approximate surface area is 115 Å². The number of hydrogen-bond donors (Lipinski definition) is 0. The highest BCUT2D eigenvalue weighted by molar-refractivity contribution is 5.32. The van der Waals surface area contributed by atoms with Gasteiger partial charge in [0.1, 0.15) is 0 Å². The van der Waals surface area contributed by atoms with Gasteiger partial charge in [-0.3, -0.25) is 0 Å². The van der Waals surface area contributed by atoms with Gasteiger partial charge in [-0.15, -0.1) is 0 Å². The van der Waals surface area contributed by atoms with E-state index in [0.717, 1.165) is 31.6 Å². The third-order valence-electron chi connectivity index (χ3n) is 4.68. The van der Waals surface area contributed by atoms with Gasteiger partial charge in [0.2, 0.25) is 12.2 Å². The summed E-state index contributed by atoms with van der Waals surface area (Å²) in [5, 5.41) is 0. The third kappa shape index (κ3) is 4.41. The van der Waals surface area contributed by atoms with Crippen LogP contribution in [0.25, 0.3) is 0 Å². The van der Waals surface area contributed by atoms with E-state index in [2.05, 4.69) is 23.8 Å². The second-order valence-electron chi connectivity index (χ2n) is 5.64. The maximum atomic E-state index is 10.1. The fourth-order valence-corrected chi connectivity index (χ4v) is 3.53. The first-order valence-electron chi connectivity index (χ1n) is 7.28. The number of rotatable bonds is 10. The highest BCUT2D eigenvalue weighted by atomic mass is 16.1. The minimum Gasteiger partial charge on any atom is -0.211 e. The van der Waals surface area contributed by atoms with Crippen molar-refractivity contribution >= 4 is 12.2 Å². The standard InChI is InChI=1S/C15H24N2O2/c1-3-14(6-4-8-16-11-18)15(10-13(15)2)7-5-9-17-12-19/h13-14H,3-10H2,1-2H3. The summed E-state index contributed by atoms with van der Waals surface area (Å²) in [5.74, 6) is 1.47. The van der Waals surface area contributed by atoms with Crippen molar-refractivity contribution in [3.05, 3.63) is 0 Å². The number of carbonyl (C=O) groups excluding carboxylic acids is 2. The first-order valence-corrected chi connectivity index (χ1v) is 7.28. The molecule has 4 nitrogen and oxygen atoms in total. The lowest BCUT2D eigenvalue weighted by Gasteiger charge is -2.27. The molecule has 3 atom stereocenters. The fraction of sp³-hybridized carbons (Fsp3) is 0.867. The normalized spacial score (nSPS) is 26.1. The zero-order valence-electron chi connectivity index (χ0n) is 12.0. The molecule has 0 amide bonds. The molecule has 1 rings (SSSR count). The molecule has 4 heteroatoms. The van der Waals surface area contributed by atoms with E-state index in [1.54, 1.807) is 12.2 Å². The summed E-state index contributed by atoms with van der Waals surface area (Å²) in [5.41, 5.74) is 0.443. The Morgan fingerprint density at radius 3 is 2.26 bits per heavy atom. The van der Waals surface area contributed by atoms with E-state index in [-0.39, 0.29) is 0 Å². The lowest BCUT2D eigenvalue weighted by atomic mass is 9.78. The van der Waals surface area contributed by atoms with Gasteiger partial charge in [-0.2, -0.15) is 0 Å². The summed E-state index contributed by atoms with van der Waals surface area (Å²) in [6.45, 7) is 5.75. The summed E-state index contributed by atoms with van der Waals surface area (Å²) in [4.78, 5) is 27.4. The molecule has 0 aliphatic heterocycles. The van der Waals surface area contributed by atoms with Crippen molar-refractivity contribution in [1.82, 2.24) is 0 Å². The molecular formula is C15H24N2O2. The average molecular weight is 264 g/mol. The second kappa shape index (κ2) is 8.04. The number of aliphatic imine (C=N–C) groups is 2. The molecule has 1 fully saturated rings. The summed E-state index contributed by atoms with van der Waals surface area (Å²) in [6, 6.07) is 0. The first kappa shape index (κ1) is 15.8. The molecule has 1 aliphatic rings. The van der Waals surface area contributed by atoms with Gasteiger partial charge >= 0.3 is 0 Å². The molecule has 1 aliphatic carbocycles. The van der Waals surface area contributed by atoms with E-state index in [4.69, 9.17) is 0 Å². The molecular weight excluding hydrogens is 240 g/mol. The lowest BCUT2D eigenvalue weighted by Crippen LogP contribution is -2.18. The molecule has 0 saturated heterocycles. The molecule has 3 unspecified atom stereocenters. The molecule has 0 aromatic rings. The number of hydrogen-bond acceptors (Lipinski definition) is 4. The Kier molecular flexibility index (Phi) is 6.69. The van der Waals surface area contributed by atoms with Crippen LogP contribution in [-0.2, 0) is 9.59 Å². The molecule has 0 bridgehead atoms. The highest BCUT2D eigenvalue weighted by Crippen LogP contribution is 2.62. The van der Waals surface area contributed by atoms with E-state index in [1.807, 2.05) is 0 Å². The SMILES string of the molecule is CCC(CCCN=C=O)C1(CCCN=C=O)CC1C. The first-order chi connectivity index (χ1) is 9.21. The van der Waals surface area contributed by atoms with E-state index >= 15 is 0 Å². The van der Waals surface area contributed by atoms with Crippen LogP contribution >= 0.6 is 0 Å². The Balaban J connectivity index is 2.45. The molecule has 0 heterocycles. The summed E-state index contributed by atoms with van der Waals surface area (Å²) in [7, 11) is 0. The Bertz CT molecular complexity index is 370. The van der Waals surface area contributed by atoms with Gasteiger partial charge < -0.3 is 0 Å². The molecule has 106 valence electrons. The summed E-state index contributed by atoms with van der Waals surface area (Å²) >= 11 is 0. The lowest BCUT2D eigenvalue weighted by molar-refractivity contribution is 0.234. The fourth-order valence-electron chi connectivity index (χ4n) is 3.53. The van der Waals surface area contributed by atoms with Crippen molar-refractivity contribution in [1.29, 1.82) is 0 Å². The van der Waals surface area contributed by atoms with Gasteiger partial charge in [-0.1, -0.05) is 20.3 Å². The molecule has 1 saturated carbocycles. The van der Waals surface area contributed by atoms with E-state index in [1.165, 1.54) is 12.8 Å². The predicted molar refractivity (Wildman–Crippen MR) is 74.4 cm³/mol. The highest BCUT2D eigenvalue weighted by Gasteiger charge is 2.54. The number of nitrogens with zero attached hydrogens (tertiary/aromatic N) is 2. The van der Waals surface area contributed by atoms with Crippen molar-refractivity contribution in [3.63, 3.8) is 0 Å². The van der Waals surface area contributed by atoms with E-state index < -0.39 is 0 Å². The van der Waals surface area contributed by atoms with Crippen molar-refractivity contribution in [2.75, 3.05) is 13.1 Å². The van der Waals surface area contributed by atoms with Crippen molar-refractivity contribution in [2.24, 2.45) is 27.2 Å². The van der Waals surface area contributed by atoms with Crippen LogP contribution in [0.3, 0.4) is 0 Å². The molecule has 0 radical (unpaired) electrons. The number of isocyanates is 2. The van der Waals surface area contributed by atoms with Crippen LogP contribution < -0.4 is 0 Å². The maximum Gasteiger partial charge on any atom is 0.234 e. The predicted octanol–water partition coefficient (Wildman–Crippen LogP) is 3.27. The maximum absolute atomic E-state index is 10.1. The smallest absolute Gasteiger partial charge is 0.211 e. The molecule has 0 aromatic carbocycles. The van der Waals surface area contributed by atoms with Crippen LogP contribution in [0, 0.1) is 17.3 Å². The van der Waals surface area contributed by atoms with Crippen LogP contribution in [0.2, 0.25) is 0 Å². The molecule has 0 N–H and O–H groups in total. The average Bonchev–Trinajstić information content (AvgIpc) is 3.06. The van der Waals surface area contributed by atoms with Crippen LogP contribution in [0.15, 0.2) is 9.98 Å². The summed E-state index contributed by atoms with van der Waals surface area (Å²) < 4.78 is 0. The van der Waals surface area contributed by atoms with Gasteiger partial charge in [0.25, 0.3) is 0 Å². The Hall–Kier alpha value is -1.24. The Morgan fingerprint density at radius 1 is 1.21 bits per heavy atom. The van der Waals surface area contributed by atoms with E-state index in [0.29, 0.717) is 24.4 Å².